The topological polar surface area (TPSA) is 148 Å². The van der Waals surface area contributed by atoms with Crippen LogP contribution in [0.5, 0.6) is 0 Å². The van der Waals surface area contributed by atoms with Crippen LogP contribution in [0, 0.1) is 0 Å². The van der Waals surface area contributed by atoms with Gasteiger partial charge in [0.2, 0.25) is 5.91 Å². The second kappa shape index (κ2) is 14.8. The van der Waals surface area contributed by atoms with E-state index in [1.807, 2.05) is 81.4 Å². The Morgan fingerprint density at radius 3 is 2.25 bits per heavy atom. The summed E-state index contributed by atoms with van der Waals surface area (Å²) in [6, 6.07) is 21.6. The van der Waals surface area contributed by atoms with Crippen LogP contribution in [-0.2, 0) is 25.6 Å². The van der Waals surface area contributed by atoms with Crippen LogP contribution >= 0.6 is 0 Å². The number of nitrogens with one attached hydrogen (secondary N) is 2. The summed E-state index contributed by atoms with van der Waals surface area (Å²) in [5.74, 6) is 0.363. The number of imidazole rings is 1. The SMILES string of the molecule is CC(C)(C)OC(=O)N1CCC[C@H]1C(=O)Nc1ccc2c(c1)cc(-c1ccc3nc([C@@H]4CCCN4C(=O)OCc4ccccc4)[nH]c3c1)n2C(=O)OC(C)(C)C. The highest BCUT2D eigenvalue weighted by atomic mass is 16.6. The number of H-pyrrole nitrogens is 1. The Kier molecular flexibility index (Phi) is 10.1. The lowest BCUT2D eigenvalue weighted by Crippen LogP contribution is -2.45. The Hall–Kier alpha value is -5.85. The molecule has 0 aliphatic carbocycles. The van der Waals surface area contributed by atoms with Crippen LogP contribution in [0.4, 0.5) is 20.1 Å². The first-order valence-electron chi connectivity index (χ1n) is 18.8. The van der Waals surface area contributed by atoms with E-state index in [2.05, 4.69) is 10.3 Å². The Bertz CT molecular complexity index is 2250. The molecule has 4 heterocycles. The number of anilines is 1. The molecular weight excluding hydrogens is 700 g/mol. The molecule has 5 aromatic rings. The lowest BCUT2D eigenvalue weighted by atomic mass is 10.1. The van der Waals surface area contributed by atoms with E-state index in [1.165, 1.54) is 9.47 Å². The molecule has 13 heteroatoms. The molecule has 7 rings (SSSR count). The van der Waals surface area contributed by atoms with Crippen molar-refractivity contribution in [2.45, 2.75) is 97.1 Å². The van der Waals surface area contributed by atoms with E-state index >= 15 is 0 Å². The van der Waals surface area contributed by atoms with Crippen molar-refractivity contribution in [3.05, 3.63) is 84.2 Å². The summed E-state index contributed by atoms with van der Waals surface area (Å²) in [5.41, 5.74) is 3.41. The van der Waals surface area contributed by atoms with E-state index in [1.54, 1.807) is 37.8 Å². The Balaban J connectivity index is 1.16. The zero-order chi connectivity index (χ0) is 39.1. The van der Waals surface area contributed by atoms with Crippen molar-refractivity contribution in [3.63, 3.8) is 0 Å². The molecule has 0 unspecified atom stereocenters. The van der Waals surface area contributed by atoms with E-state index in [0.717, 1.165) is 35.0 Å². The number of carbonyl (C=O) groups is 4. The van der Waals surface area contributed by atoms with Crippen molar-refractivity contribution < 1.29 is 33.4 Å². The number of ether oxygens (including phenoxy) is 3. The molecule has 2 N–H and O–H groups in total. The molecule has 3 amide bonds. The van der Waals surface area contributed by atoms with Gasteiger partial charge >= 0.3 is 18.3 Å². The maximum absolute atomic E-state index is 13.8. The van der Waals surface area contributed by atoms with Crippen molar-refractivity contribution >= 4 is 51.8 Å². The third-order valence-electron chi connectivity index (χ3n) is 9.63. The van der Waals surface area contributed by atoms with Crippen molar-refractivity contribution in [1.29, 1.82) is 0 Å². The van der Waals surface area contributed by atoms with Crippen molar-refractivity contribution in [3.8, 4) is 11.3 Å². The van der Waals surface area contributed by atoms with Crippen LogP contribution in [0.15, 0.2) is 72.8 Å². The zero-order valence-electron chi connectivity index (χ0n) is 32.2. The maximum atomic E-state index is 13.8. The van der Waals surface area contributed by atoms with Gasteiger partial charge in [-0.2, -0.15) is 0 Å². The molecule has 55 heavy (non-hydrogen) atoms. The van der Waals surface area contributed by atoms with E-state index in [0.29, 0.717) is 54.0 Å². The van der Waals surface area contributed by atoms with Gasteiger partial charge in [-0.25, -0.2) is 23.9 Å². The van der Waals surface area contributed by atoms with Gasteiger partial charge in [-0.1, -0.05) is 36.4 Å². The van der Waals surface area contributed by atoms with Crippen LogP contribution in [-0.4, -0.2) is 78.9 Å². The molecule has 0 spiro atoms. The monoisotopic (exact) mass is 748 g/mol. The van der Waals surface area contributed by atoms with Crippen molar-refractivity contribution in [1.82, 2.24) is 24.3 Å². The Labute approximate surface area is 319 Å². The third-order valence-corrected chi connectivity index (χ3v) is 9.63. The van der Waals surface area contributed by atoms with Gasteiger partial charge in [0.1, 0.15) is 29.7 Å². The molecule has 3 aromatic carbocycles. The average Bonchev–Trinajstić information content (AvgIpc) is 3.93. The van der Waals surface area contributed by atoms with Gasteiger partial charge in [-0.15, -0.1) is 0 Å². The van der Waals surface area contributed by atoms with E-state index in [-0.39, 0.29) is 24.6 Å². The molecule has 2 aliphatic rings. The number of rotatable bonds is 6. The molecule has 2 aromatic heterocycles. The predicted molar refractivity (Wildman–Crippen MR) is 209 cm³/mol. The summed E-state index contributed by atoms with van der Waals surface area (Å²) in [4.78, 5) is 64.8. The van der Waals surface area contributed by atoms with Gasteiger partial charge in [-0.3, -0.25) is 14.6 Å². The average molecular weight is 749 g/mol. The number of aromatic amines is 1. The fourth-order valence-electron chi connectivity index (χ4n) is 7.23. The summed E-state index contributed by atoms with van der Waals surface area (Å²) in [5, 5.41) is 3.68. The Morgan fingerprint density at radius 1 is 0.800 bits per heavy atom. The summed E-state index contributed by atoms with van der Waals surface area (Å²) in [6.07, 6.45) is 1.36. The van der Waals surface area contributed by atoms with Crippen LogP contribution < -0.4 is 5.32 Å². The van der Waals surface area contributed by atoms with Gasteiger partial charge in [0, 0.05) is 29.7 Å². The summed E-state index contributed by atoms with van der Waals surface area (Å²) >= 11 is 0. The normalized spacial score (nSPS) is 17.5. The molecule has 288 valence electrons. The number of hydrogen-bond acceptors (Lipinski definition) is 8. The van der Waals surface area contributed by atoms with Crippen LogP contribution in [0.25, 0.3) is 33.2 Å². The zero-order valence-corrected chi connectivity index (χ0v) is 32.2. The molecule has 0 bridgehead atoms. The molecular formula is C42H48N6O7. The van der Waals surface area contributed by atoms with Crippen LogP contribution in [0.3, 0.4) is 0 Å². The van der Waals surface area contributed by atoms with Gasteiger partial charge in [0.25, 0.3) is 0 Å². The number of aromatic nitrogens is 3. The minimum atomic E-state index is -0.752. The first-order chi connectivity index (χ1) is 26.1. The summed E-state index contributed by atoms with van der Waals surface area (Å²) in [6.45, 7) is 12.0. The molecule has 0 radical (unpaired) electrons. The largest absolute Gasteiger partial charge is 0.445 e. The van der Waals surface area contributed by atoms with Gasteiger partial charge < -0.3 is 24.5 Å². The standard InChI is InChI=1S/C42H48N6O7/c1-41(2,3)54-39(51)47-21-11-15-34(47)37(49)43-29-17-19-32-28(22-29)24-35(48(32)40(52)55-42(4,5)6)27-16-18-30-31(23-27)45-36(44-30)33-14-10-20-46(33)38(50)53-25-26-12-8-7-9-13-26/h7-9,12-13,16-19,22-24,33-34H,10-11,14-15,20-21,25H2,1-6H3,(H,43,49)(H,44,45)/t33-,34-/m0/s1. The quantitative estimate of drug-likeness (QED) is 0.164. The number of benzene rings is 3. The molecule has 2 aliphatic heterocycles. The highest BCUT2D eigenvalue weighted by molar-refractivity contribution is 6.02. The fraction of sp³-hybridized carbons (Fsp3) is 0.405. The van der Waals surface area contributed by atoms with Gasteiger partial charge in [0.15, 0.2) is 0 Å². The van der Waals surface area contributed by atoms with Crippen molar-refractivity contribution in [2.24, 2.45) is 0 Å². The summed E-state index contributed by atoms with van der Waals surface area (Å²) in [7, 11) is 0. The molecule has 2 saturated heterocycles. The number of likely N-dealkylation sites (tertiary alicyclic amines) is 2. The number of amides is 3. The second-order valence-electron chi connectivity index (χ2n) is 16.2. The highest BCUT2D eigenvalue weighted by Crippen LogP contribution is 2.35. The van der Waals surface area contributed by atoms with Gasteiger partial charge in [-0.05, 0) is 109 Å². The molecule has 13 nitrogen and oxygen atoms in total. The molecule has 2 atom stereocenters. The number of carbonyl (C=O) groups excluding carboxylic acids is 4. The van der Waals surface area contributed by atoms with E-state index in [9.17, 15) is 19.2 Å². The smallest absolute Gasteiger partial charge is 0.419 e. The minimum Gasteiger partial charge on any atom is -0.445 e. The first-order valence-corrected chi connectivity index (χ1v) is 18.8. The first kappa shape index (κ1) is 37.5. The lowest BCUT2D eigenvalue weighted by Gasteiger charge is -2.28. The lowest BCUT2D eigenvalue weighted by molar-refractivity contribution is -0.120. The van der Waals surface area contributed by atoms with Gasteiger partial charge in [0.05, 0.1) is 28.3 Å². The Morgan fingerprint density at radius 2 is 1.51 bits per heavy atom. The van der Waals surface area contributed by atoms with Crippen LogP contribution in [0.2, 0.25) is 0 Å². The van der Waals surface area contributed by atoms with Crippen molar-refractivity contribution in [2.75, 3.05) is 18.4 Å². The summed E-state index contributed by atoms with van der Waals surface area (Å²) < 4.78 is 18.6. The second-order valence-corrected chi connectivity index (χ2v) is 16.2. The number of fused-ring (bicyclic) bond motifs is 2. The third kappa shape index (κ3) is 8.30. The predicted octanol–water partition coefficient (Wildman–Crippen LogP) is 8.78. The molecule has 2 fully saturated rings. The van der Waals surface area contributed by atoms with E-state index < -0.39 is 29.4 Å². The highest BCUT2D eigenvalue weighted by Gasteiger charge is 2.37. The van der Waals surface area contributed by atoms with E-state index in [4.69, 9.17) is 19.2 Å². The van der Waals surface area contributed by atoms with Crippen LogP contribution in [0.1, 0.15) is 84.7 Å². The minimum absolute atomic E-state index is 0.194. The number of hydrogen-bond donors (Lipinski definition) is 2. The molecule has 0 saturated carbocycles. The number of nitrogens with zero attached hydrogens (tertiary/aromatic N) is 4. The maximum Gasteiger partial charge on any atom is 0.419 e. The fourth-order valence-corrected chi connectivity index (χ4v) is 7.23.